The van der Waals surface area contributed by atoms with Gasteiger partial charge in [0.05, 0.1) is 31.4 Å². The molecule has 0 heterocycles. The molecule has 0 aliphatic rings. The lowest BCUT2D eigenvalue weighted by Crippen LogP contribution is -2.53. The van der Waals surface area contributed by atoms with E-state index < -0.39 is 24.7 Å². The van der Waals surface area contributed by atoms with Gasteiger partial charge in [-0.05, 0) is 24.6 Å². The van der Waals surface area contributed by atoms with Crippen molar-refractivity contribution in [1.82, 2.24) is 5.32 Å². The molecular formula is C13H19NO5. The molecule has 1 aromatic rings. The number of aliphatic hydroxyl groups is 2. The van der Waals surface area contributed by atoms with Crippen LogP contribution in [0.25, 0.3) is 0 Å². The zero-order chi connectivity index (χ0) is 14.5. The molecule has 0 bridgehead atoms. The number of methoxy groups -OCH3 is 1. The molecule has 0 fully saturated rings. The lowest BCUT2D eigenvalue weighted by molar-refractivity contribution is 0.0650. The fourth-order valence-electron chi connectivity index (χ4n) is 1.57. The first kappa shape index (κ1) is 15.3. The minimum Gasteiger partial charge on any atom is -0.507 e. The first-order valence-electron chi connectivity index (χ1n) is 5.93. The van der Waals surface area contributed by atoms with Crippen molar-refractivity contribution in [2.24, 2.45) is 0 Å². The van der Waals surface area contributed by atoms with Crippen molar-refractivity contribution < 1.29 is 24.9 Å². The zero-order valence-corrected chi connectivity index (χ0v) is 11.0. The van der Waals surface area contributed by atoms with E-state index in [9.17, 15) is 20.1 Å². The lowest BCUT2D eigenvalue weighted by atomic mass is 9.97. The maximum absolute atomic E-state index is 12.1. The van der Waals surface area contributed by atoms with Crippen LogP contribution in [0.5, 0.6) is 11.5 Å². The molecule has 1 amide bonds. The lowest BCUT2D eigenvalue weighted by Gasteiger charge is -2.29. The largest absolute Gasteiger partial charge is 0.507 e. The molecule has 1 aromatic carbocycles. The molecule has 1 rings (SSSR count). The molecule has 6 heteroatoms. The summed E-state index contributed by atoms with van der Waals surface area (Å²) in [7, 11) is 1.45. The first-order valence-corrected chi connectivity index (χ1v) is 5.93. The second-order valence-electron chi connectivity index (χ2n) is 4.29. The highest BCUT2D eigenvalue weighted by Crippen LogP contribution is 2.23. The van der Waals surface area contributed by atoms with Crippen LogP contribution in [-0.2, 0) is 0 Å². The SMILES string of the molecule is CCC(CO)(CO)NC(=O)c1cc(OC)ccc1O. The number of aliphatic hydroxyl groups excluding tert-OH is 2. The third-order valence-corrected chi connectivity index (χ3v) is 3.11. The second-order valence-corrected chi connectivity index (χ2v) is 4.29. The predicted molar refractivity (Wildman–Crippen MR) is 69.3 cm³/mol. The van der Waals surface area contributed by atoms with Crippen molar-refractivity contribution >= 4 is 5.91 Å². The summed E-state index contributed by atoms with van der Waals surface area (Å²) in [5.41, 5.74) is -1.08. The highest BCUT2D eigenvalue weighted by molar-refractivity contribution is 5.97. The summed E-state index contributed by atoms with van der Waals surface area (Å²) >= 11 is 0. The van der Waals surface area contributed by atoms with Gasteiger partial charge in [0.25, 0.3) is 5.91 Å². The molecule has 0 unspecified atom stereocenters. The van der Waals surface area contributed by atoms with E-state index in [1.807, 2.05) is 0 Å². The second kappa shape index (κ2) is 6.40. The number of carbonyl (C=O) groups is 1. The van der Waals surface area contributed by atoms with Crippen molar-refractivity contribution in [3.8, 4) is 11.5 Å². The molecule has 0 saturated carbocycles. The number of aromatic hydroxyl groups is 1. The molecule has 19 heavy (non-hydrogen) atoms. The summed E-state index contributed by atoms with van der Waals surface area (Å²) in [4.78, 5) is 12.1. The van der Waals surface area contributed by atoms with Gasteiger partial charge in [0.15, 0.2) is 0 Å². The van der Waals surface area contributed by atoms with Crippen LogP contribution in [0.1, 0.15) is 23.7 Å². The third kappa shape index (κ3) is 3.36. The third-order valence-electron chi connectivity index (χ3n) is 3.11. The van der Waals surface area contributed by atoms with Crippen LogP contribution in [-0.4, -0.2) is 47.1 Å². The van der Waals surface area contributed by atoms with Gasteiger partial charge < -0.3 is 25.4 Å². The summed E-state index contributed by atoms with van der Waals surface area (Å²) in [6.45, 7) is 0.949. The number of rotatable bonds is 6. The average molecular weight is 269 g/mol. The molecule has 4 N–H and O–H groups in total. The molecule has 6 nitrogen and oxygen atoms in total. The van der Waals surface area contributed by atoms with Crippen LogP contribution in [0, 0.1) is 0 Å². The van der Waals surface area contributed by atoms with E-state index >= 15 is 0 Å². The number of amides is 1. The number of carbonyl (C=O) groups excluding carboxylic acids is 1. The van der Waals surface area contributed by atoms with E-state index in [0.29, 0.717) is 12.2 Å². The Morgan fingerprint density at radius 3 is 2.47 bits per heavy atom. The van der Waals surface area contributed by atoms with Crippen LogP contribution in [0.3, 0.4) is 0 Å². The normalized spacial score (nSPS) is 11.2. The average Bonchev–Trinajstić information content (AvgIpc) is 2.45. The Morgan fingerprint density at radius 2 is 2.00 bits per heavy atom. The number of benzene rings is 1. The summed E-state index contributed by atoms with van der Waals surface area (Å²) in [5.74, 6) is -0.349. The fraction of sp³-hybridized carbons (Fsp3) is 0.462. The minimum atomic E-state index is -1.10. The Kier molecular flexibility index (Phi) is 5.14. The van der Waals surface area contributed by atoms with E-state index in [0.717, 1.165) is 0 Å². The van der Waals surface area contributed by atoms with Gasteiger partial charge in [0.1, 0.15) is 11.5 Å². The Bertz CT molecular complexity index is 434. The van der Waals surface area contributed by atoms with Gasteiger partial charge in [-0.1, -0.05) is 6.92 Å². The predicted octanol–water partition coefficient (Wildman–Crippen LogP) is 0.264. The number of hydrogen-bond donors (Lipinski definition) is 4. The van der Waals surface area contributed by atoms with E-state index in [-0.39, 0.29) is 11.3 Å². The number of nitrogens with one attached hydrogen (secondary N) is 1. The monoisotopic (exact) mass is 269 g/mol. The van der Waals surface area contributed by atoms with Gasteiger partial charge >= 0.3 is 0 Å². The van der Waals surface area contributed by atoms with Crippen molar-refractivity contribution in [3.05, 3.63) is 23.8 Å². The van der Waals surface area contributed by atoms with E-state index in [1.165, 1.54) is 25.3 Å². The van der Waals surface area contributed by atoms with Crippen LogP contribution in [0.4, 0.5) is 0 Å². The molecule has 106 valence electrons. The quantitative estimate of drug-likeness (QED) is 0.594. The van der Waals surface area contributed by atoms with Gasteiger partial charge in [-0.3, -0.25) is 4.79 Å². The Hall–Kier alpha value is -1.79. The number of phenolic OH excluding ortho intramolecular Hbond substituents is 1. The number of ether oxygens (including phenoxy) is 1. The smallest absolute Gasteiger partial charge is 0.255 e. The first-order chi connectivity index (χ1) is 9.01. The molecule has 0 aliphatic heterocycles. The summed E-state index contributed by atoms with van der Waals surface area (Å²) in [6.07, 6.45) is 0.358. The summed E-state index contributed by atoms with van der Waals surface area (Å²) in [5, 5.41) is 30.8. The van der Waals surface area contributed by atoms with Gasteiger partial charge in [0, 0.05) is 0 Å². The van der Waals surface area contributed by atoms with Crippen molar-refractivity contribution in [2.75, 3.05) is 20.3 Å². The highest BCUT2D eigenvalue weighted by Gasteiger charge is 2.29. The van der Waals surface area contributed by atoms with Gasteiger partial charge in [-0.15, -0.1) is 0 Å². The standard InChI is InChI=1S/C13H19NO5/c1-3-13(7-15,8-16)14-12(18)10-6-9(19-2)4-5-11(10)17/h4-6,15-17H,3,7-8H2,1-2H3,(H,14,18). The number of hydrogen-bond acceptors (Lipinski definition) is 5. The van der Waals surface area contributed by atoms with Gasteiger partial charge in [-0.2, -0.15) is 0 Å². The van der Waals surface area contributed by atoms with Crippen LogP contribution < -0.4 is 10.1 Å². The molecule has 0 atom stereocenters. The summed E-state index contributed by atoms with van der Waals surface area (Å²) < 4.78 is 4.98. The van der Waals surface area contributed by atoms with Crippen LogP contribution >= 0.6 is 0 Å². The van der Waals surface area contributed by atoms with E-state index in [2.05, 4.69) is 5.32 Å². The Morgan fingerprint density at radius 1 is 1.37 bits per heavy atom. The molecule has 0 radical (unpaired) electrons. The highest BCUT2D eigenvalue weighted by atomic mass is 16.5. The van der Waals surface area contributed by atoms with Crippen molar-refractivity contribution in [2.45, 2.75) is 18.9 Å². The van der Waals surface area contributed by atoms with Crippen LogP contribution in [0.2, 0.25) is 0 Å². The minimum absolute atomic E-state index is 0.0269. The molecule has 0 spiro atoms. The number of phenols is 1. The maximum atomic E-state index is 12.1. The zero-order valence-electron chi connectivity index (χ0n) is 11.0. The molecule has 0 aliphatic carbocycles. The topological polar surface area (TPSA) is 99.0 Å². The molecular weight excluding hydrogens is 250 g/mol. The van der Waals surface area contributed by atoms with E-state index in [1.54, 1.807) is 6.92 Å². The Balaban J connectivity index is 3.00. The van der Waals surface area contributed by atoms with E-state index in [4.69, 9.17) is 4.74 Å². The fourth-order valence-corrected chi connectivity index (χ4v) is 1.57. The maximum Gasteiger partial charge on any atom is 0.255 e. The van der Waals surface area contributed by atoms with Gasteiger partial charge in [0.2, 0.25) is 0 Å². The Labute approximate surface area is 111 Å². The van der Waals surface area contributed by atoms with Crippen LogP contribution in [0.15, 0.2) is 18.2 Å². The van der Waals surface area contributed by atoms with Crippen molar-refractivity contribution in [1.29, 1.82) is 0 Å². The van der Waals surface area contributed by atoms with Crippen molar-refractivity contribution in [3.63, 3.8) is 0 Å². The summed E-state index contributed by atoms with van der Waals surface area (Å²) in [6, 6.07) is 4.26. The molecule has 0 saturated heterocycles. The van der Waals surface area contributed by atoms with Gasteiger partial charge in [-0.25, -0.2) is 0 Å². The molecule has 0 aromatic heterocycles.